The van der Waals surface area contributed by atoms with Crippen molar-refractivity contribution < 1.29 is 0 Å². The standard InChI is InChI=1S/C59H39N3/c1-2-14-40(15-3-1)41-30-34-47(35-31-41)61(48-36-32-43(33-37-48)51-26-12-17-42-16-4-5-22-50(42)51)49-21-11-19-45(39-49)44-18-10-20-46(38-44)59-60-56-28-13-27-55-53-24-7-6-23-52(53)54-25-8-9-29-57(54)62(59)58(55)56/h1-39H. The molecule has 10 aromatic carbocycles. The number of rotatable bonds is 7. The lowest BCUT2D eigenvalue weighted by Crippen LogP contribution is -2.10. The summed E-state index contributed by atoms with van der Waals surface area (Å²) in [6.07, 6.45) is 0. The van der Waals surface area contributed by atoms with E-state index in [1.807, 2.05) is 0 Å². The van der Waals surface area contributed by atoms with E-state index in [1.165, 1.54) is 55.3 Å². The Hall–Kier alpha value is -8.27. The molecule has 2 heterocycles. The lowest BCUT2D eigenvalue weighted by atomic mass is 9.94. The fourth-order valence-electron chi connectivity index (χ4n) is 9.43. The van der Waals surface area contributed by atoms with Crippen molar-refractivity contribution in [3.63, 3.8) is 0 Å². The predicted octanol–water partition coefficient (Wildman–Crippen LogP) is 16.0. The van der Waals surface area contributed by atoms with Crippen molar-refractivity contribution in [1.82, 2.24) is 9.55 Å². The highest BCUT2D eigenvalue weighted by molar-refractivity contribution is 6.04. The molecule has 0 atom stereocenters. The van der Waals surface area contributed by atoms with E-state index in [2.05, 4.69) is 246 Å². The number of fused-ring (bicyclic) bond motifs is 6. The average Bonchev–Trinajstić information content (AvgIpc) is 3.69. The molecule has 0 radical (unpaired) electrons. The minimum Gasteiger partial charge on any atom is -0.310 e. The summed E-state index contributed by atoms with van der Waals surface area (Å²) in [7, 11) is 0. The number of aromatic nitrogens is 2. The monoisotopic (exact) mass is 789 g/mol. The fourth-order valence-corrected chi connectivity index (χ4v) is 9.43. The smallest absolute Gasteiger partial charge is 0.145 e. The van der Waals surface area contributed by atoms with Crippen LogP contribution in [0.15, 0.2) is 237 Å². The zero-order chi connectivity index (χ0) is 41.0. The highest BCUT2D eigenvalue weighted by atomic mass is 15.1. The summed E-state index contributed by atoms with van der Waals surface area (Å²) in [6.45, 7) is 0. The summed E-state index contributed by atoms with van der Waals surface area (Å²) in [5.41, 5.74) is 19.5. The molecule has 0 unspecified atom stereocenters. The van der Waals surface area contributed by atoms with Gasteiger partial charge in [0.25, 0.3) is 0 Å². The molecule has 0 fully saturated rings. The Balaban J connectivity index is 0.967. The van der Waals surface area contributed by atoms with Crippen molar-refractivity contribution in [3.8, 4) is 72.7 Å². The average molecular weight is 790 g/mol. The summed E-state index contributed by atoms with van der Waals surface area (Å²) in [4.78, 5) is 7.72. The Morgan fingerprint density at radius 3 is 1.66 bits per heavy atom. The molecule has 0 saturated carbocycles. The number of hydrogen-bond acceptors (Lipinski definition) is 2. The maximum atomic E-state index is 5.36. The number of anilines is 3. The second kappa shape index (κ2) is 14.8. The van der Waals surface area contributed by atoms with Gasteiger partial charge in [0, 0.05) is 33.8 Å². The second-order valence-electron chi connectivity index (χ2n) is 16.0. The highest BCUT2D eigenvalue weighted by Gasteiger charge is 2.25. The number of benzene rings is 10. The molecule has 0 amide bonds. The summed E-state index contributed by atoms with van der Waals surface area (Å²) in [5, 5.41) is 2.50. The normalized spacial score (nSPS) is 11.5. The Morgan fingerprint density at radius 2 is 0.855 bits per heavy atom. The number of para-hydroxylation sites is 2. The van der Waals surface area contributed by atoms with Crippen LogP contribution in [0.25, 0.3) is 94.5 Å². The quantitative estimate of drug-likeness (QED) is 0.160. The molecule has 62 heavy (non-hydrogen) atoms. The summed E-state index contributed by atoms with van der Waals surface area (Å²) < 4.78 is 2.37. The fraction of sp³-hybridized carbons (Fsp3) is 0. The molecule has 1 aliphatic heterocycles. The first kappa shape index (κ1) is 35.7. The van der Waals surface area contributed by atoms with Crippen LogP contribution < -0.4 is 4.90 Å². The van der Waals surface area contributed by atoms with Gasteiger partial charge in [0.05, 0.1) is 16.7 Å². The van der Waals surface area contributed by atoms with E-state index in [9.17, 15) is 0 Å². The van der Waals surface area contributed by atoms with Crippen molar-refractivity contribution in [2.75, 3.05) is 4.90 Å². The zero-order valence-corrected chi connectivity index (χ0v) is 33.9. The maximum absolute atomic E-state index is 5.36. The molecule has 1 aliphatic rings. The topological polar surface area (TPSA) is 21.1 Å². The third-order valence-electron chi connectivity index (χ3n) is 12.3. The molecule has 0 aliphatic carbocycles. The minimum atomic E-state index is 0.928. The molecule has 3 heteroatoms. The molecule has 11 aromatic rings. The van der Waals surface area contributed by atoms with Crippen LogP contribution in [0.4, 0.5) is 17.1 Å². The van der Waals surface area contributed by atoms with Gasteiger partial charge in [-0.25, -0.2) is 4.98 Å². The first-order chi connectivity index (χ1) is 30.7. The predicted molar refractivity (Wildman–Crippen MR) is 259 cm³/mol. The number of nitrogens with zero attached hydrogens (tertiary/aromatic N) is 3. The van der Waals surface area contributed by atoms with E-state index in [4.69, 9.17) is 4.98 Å². The summed E-state index contributed by atoms with van der Waals surface area (Å²) in [6, 6.07) is 85.3. The van der Waals surface area contributed by atoms with Gasteiger partial charge in [0.15, 0.2) is 0 Å². The van der Waals surface area contributed by atoms with Crippen LogP contribution in [0, 0.1) is 0 Å². The molecule has 0 bridgehead atoms. The van der Waals surface area contributed by atoms with Gasteiger partial charge in [-0.2, -0.15) is 0 Å². The van der Waals surface area contributed by atoms with Crippen molar-refractivity contribution in [3.05, 3.63) is 237 Å². The van der Waals surface area contributed by atoms with Crippen molar-refractivity contribution in [2.45, 2.75) is 0 Å². The molecule has 0 N–H and O–H groups in total. The van der Waals surface area contributed by atoms with Crippen LogP contribution >= 0.6 is 0 Å². The van der Waals surface area contributed by atoms with Crippen molar-refractivity contribution in [2.24, 2.45) is 0 Å². The van der Waals surface area contributed by atoms with Gasteiger partial charge in [0.2, 0.25) is 0 Å². The van der Waals surface area contributed by atoms with Gasteiger partial charge in [-0.15, -0.1) is 0 Å². The lowest BCUT2D eigenvalue weighted by molar-refractivity contribution is 1.11. The van der Waals surface area contributed by atoms with Crippen LogP contribution in [0.1, 0.15) is 0 Å². The van der Waals surface area contributed by atoms with Crippen LogP contribution in [-0.2, 0) is 0 Å². The first-order valence-electron chi connectivity index (χ1n) is 21.2. The zero-order valence-electron chi connectivity index (χ0n) is 33.9. The maximum Gasteiger partial charge on any atom is 0.145 e. The Labute approximate surface area is 361 Å². The third-order valence-corrected chi connectivity index (χ3v) is 12.3. The van der Waals surface area contributed by atoms with E-state index in [0.29, 0.717) is 0 Å². The van der Waals surface area contributed by atoms with E-state index in [1.54, 1.807) is 0 Å². The van der Waals surface area contributed by atoms with Crippen LogP contribution in [0.2, 0.25) is 0 Å². The lowest BCUT2D eigenvalue weighted by Gasteiger charge is -2.26. The molecule has 290 valence electrons. The molecule has 0 saturated heterocycles. The summed E-state index contributed by atoms with van der Waals surface area (Å²) >= 11 is 0. The van der Waals surface area contributed by atoms with Crippen LogP contribution in [-0.4, -0.2) is 9.55 Å². The van der Waals surface area contributed by atoms with Gasteiger partial charge in [0.1, 0.15) is 5.82 Å². The molecular formula is C59H39N3. The molecule has 1 aromatic heterocycles. The van der Waals surface area contributed by atoms with Gasteiger partial charge in [-0.05, 0) is 110 Å². The highest BCUT2D eigenvalue weighted by Crippen LogP contribution is 2.46. The molecule has 12 rings (SSSR count). The van der Waals surface area contributed by atoms with E-state index in [0.717, 1.165) is 56.3 Å². The molecular weight excluding hydrogens is 751 g/mol. The van der Waals surface area contributed by atoms with E-state index >= 15 is 0 Å². The largest absolute Gasteiger partial charge is 0.310 e. The van der Waals surface area contributed by atoms with Gasteiger partial charge in [-0.1, -0.05) is 182 Å². The number of hydrogen-bond donors (Lipinski definition) is 0. The van der Waals surface area contributed by atoms with E-state index < -0.39 is 0 Å². The Kier molecular flexibility index (Phi) is 8.50. The second-order valence-corrected chi connectivity index (χ2v) is 16.0. The summed E-state index contributed by atoms with van der Waals surface area (Å²) in [5.74, 6) is 0.928. The number of imidazole rings is 1. The van der Waals surface area contributed by atoms with Gasteiger partial charge in [-0.3, -0.25) is 4.57 Å². The van der Waals surface area contributed by atoms with Crippen LogP contribution in [0.5, 0.6) is 0 Å². The Morgan fingerprint density at radius 1 is 0.323 bits per heavy atom. The van der Waals surface area contributed by atoms with Crippen molar-refractivity contribution in [1.29, 1.82) is 0 Å². The molecule has 0 spiro atoms. The van der Waals surface area contributed by atoms with E-state index in [-0.39, 0.29) is 0 Å². The Bertz CT molecular complexity index is 3450. The van der Waals surface area contributed by atoms with Gasteiger partial charge < -0.3 is 4.90 Å². The third kappa shape index (κ3) is 6.02. The van der Waals surface area contributed by atoms with Gasteiger partial charge >= 0.3 is 0 Å². The molecule has 3 nitrogen and oxygen atoms in total. The SMILES string of the molecule is c1ccc(-c2ccc(N(c3ccc(-c4cccc5ccccc45)cc3)c3cccc(-c4cccc(-c5nc6cccc7c6n5-c5ccccc5-c5ccccc5-7)c4)c3)cc2)cc1. The first-order valence-corrected chi connectivity index (χ1v) is 21.2. The van der Waals surface area contributed by atoms with Crippen LogP contribution in [0.3, 0.4) is 0 Å². The van der Waals surface area contributed by atoms with Crippen molar-refractivity contribution >= 4 is 38.9 Å². The minimum absolute atomic E-state index is 0.928.